The van der Waals surface area contributed by atoms with Gasteiger partial charge >= 0.3 is 10.2 Å². The average molecular weight is 669 g/mol. The van der Waals surface area contributed by atoms with Gasteiger partial charge in [0.25, 0.3) is 11.6 Å². The van der Waals surface area contributed by atoms with E-state index in [0.29, 0.717) is 32.1 Å². The number of nitrogens with one attached hydrogen (secondary N) is 3. The molecule has 2 heterocycles. The fourth-order valence-corrected chi connectivity index (χ4v) is 8.29. The Hall–Kier alpha value is -3.41. The summed E-state index contributed by atoms with van der Waals surface area (Å²) in [5.41, 5.74) is -2.20. The predicted molar refractivity (Wildman–Crippen MR) is 163 cm³/mol. The number of amides is 3. The van der Waals surface area contributed by atoms with Gasteiger partial charge in [0.05, 0.1) is 4.92 Å². The zero-order valence-corrected chi connectivity index (χ0v) is 26.8. The van der Waals surface area contributed by atoms with E-state index in [4.69, 9.17) is 0 Å². The first-order valence-electron chi connectivity index (χ1n) is 15.0. The van der Waals surface area contributed by atoms with Gasteiger partial charge in [-0.15, -0.1) is 6.58 Å². The Labute approximate surface area is 263 Å². The monoisotopic (exact) mass is 668 g/mol. The summed E-state index contributed by atoms with van der Waals surface area (Å²) in [5, 5.41) is 14.2. The first kappa shape index (κ1) is 34.5. The number of hydrogen-bond acceptors (Lipinski definition) is 9. The zero-order chi connectivity index (χ0) is 33.0. The molecule has 4 atom stereocenters. The minimum Gasteiger partial charge on any atom is -0.339 e. The van der Waals surface area contributed by atoms with Crippen molar-refractivity contribution in [2.24, 2.45) is 5.92 Å². The largest absolute Gasteiger partial charge is 0.339 e. The van der Waals surface area contributed by atoms with E-state index in [1.54, 1.807) is 0 Å². The van der Waals surface area contributed by atoms with E-state index in [1.165, 1.54) is 30.2 Å². The molecule has 0 unspecified atom stereocenters. The summed E-state index contributed by atoms with van der Waals surface area (Å²) in [4.78, 5) is 52.3. The molecule has 17 heteroatoms. The van der Waals surface area contributed by atoms with Gasteiger partial charge in [-0.3, -0.25) is 24.5 Å². The summed E-state index contributed by atoms with van der Waals surface area (Å²) in [5.74, 6) is -2.78. The highest BCUT2D eigenvalue weighted by Gasteiger charge is 2.61. The van der Waals surface area contributed by atoms with Crippen LogP contribution in [0.4, 0.5) is 5.69 Å². The molecule has 0 radical (unpaired) electrons. The van der Waals surface area contributed by atoms with Crippen molar-refractivity contribution in [2.75, 3.05) is 20.1 Å². The Morgan fingerprint density at radius 1 is 1.04 bits per heavy atom. The Morgan fingerprint density at radius 2 is 1.71 bits per heavy atom. The van der Waals surface area contributed by atoms with Crippen LogP contribution in [0.5, 0.6) is 0 Å². The van der Waals surface area contributed by atoms with Crippen LogP contribution in [0, 0.1) is 16.0 Å². The lowest BCUT2D eigenvalue weighted by molar-refractivity contribution is -0.387. The molecule has 1 aromatic carbocycles. The van der Waals surface area contributed by atoms with Crippen LogP contribution in [0.25, 0.3) is 0 Å². The van der Waals surface area contributed by atoms with Crippen molar-refractivity contribution in [1.82, 2.24) is 24.0 Å². The number of nitro benzene ring substituents is 1. The lowest BCUT2D eigenvalue weighted by Gasteiger charge is -2.30. The minimum atomic E-state index is -4.52. The van der Waals surface area contributed by atoms with Crippen LogP contribution in [-0.4, -0.2) is 86.4 Å². The zero-order valence-electron chi connectivity index (χ0n) is 25.1. The first-order chi connectivity index (χ1) is 21.2. The number of benzene rings is 1. The molecular weight excluding hydrogens is 628 g/mol. The molecule has 0 aromatic heterocycles. The minimum absolute atomic E-state index is 0.0927. The number of hydrogen-bond donors (Lipinski definition) is 3. The first-order valence-corrected chi connectivity index (χ1v) is 17.9. The molecule has 0 bridgehead atoms. The van der Waals surface area contributed by atoms with Gasteiger partial charge in [-0.05, 0) is 38.2 Å². The van der Waals surface area contributed by atoms with Crippen molar-refractivity contribution in [3.05, 3.63) is 47.0 Å². The van der Waals surface area contributed by atoms with Gasteiger partial charge in [-0.25, -0.2) is 13.1 Å². The third-order valence-corrected chi connectivity index (χ3v) is 11.6. The number of para-hydroxylation sites is 1. The Balaban J connectivity index is 1.63. The second kappa shape index (κ2) is 13.9. The average Bonchev–Trinajstić information content (AvgIpc) is 3.48. The molecule has 2 saturated heterocycles. The number of fused-ring (bicyclic) bond motifs is 1. The molecule has 3 aliphatic rings. The molecule has 4 rings (SSSR count). The fourth-order valence-electron chi connectivity index (χ4n) is 5.96. The number of rotatable bonds is 5. The van der Waals surface area contributed by atoms with Crippen molar-refractivity contribution < 1.29 is 36.1 Å². The maximum absolute atomic E-state index is 13.9. The summed E-state index contributed by atoms with van der Waals surface area (Å²) in [6.45, 7) is 4.01. The van der Waals surface area contributed by atoms with Gasteiger partial charge in [0.1, 0.15) is 17.6 Å². The van der Waals surface area contributed by atoms with Crippen LogP contribution in [0.1, 0.15) is 64.2 Å². The quantitative estimate of drug-likeness (QED) is 0.235. The highest BCUT2D eigenvalue weighted by atomic mass is 32.2. The summed E-state index contributed by atoms with van der Waals surface area (Å²) in [6.07, 6.45) is 6.18. The third-order valence-electron chi connectivity index (χ3n) is 8.68. The van der Waals surface area contributed by atoms with Gasteiger partial charge in [0.15, 0.2) is 4.90 Å². The topological polar surface area (TPSA) is 205 Å². The summed E-state index contributed by atoms with van der Waals surface area (Å²) < 4.78 is 58.1. The Kier molecular flexibility index (Phi) is 10.7. The SMILES string of the molecule is C=C[C@@H]1C[C@@]12NC(=O)[C@@H]1CCCN1C(=O)[C@@H](NS(=O)(=O)c1ccccc1[N+](=O)[O-])CCCCCCCCN(C)S(=O)(=O)NC2=O. The Bertz CT molecular complexity index is 1550. The number of nitro groups is 1. The molecule has 1 aromatic rings. The predicted octanol–water partition coefficient (Wildman–Crippen LogP) is 1.33. The molecule has 1 spiro atoms. The van der Waals surface area contributed by atoms with Crippen molar-refractivity contribution >= 4 is 43.6 Å². The van der Waals surface area contributed by atoms with Gasteiger partial charge in [-0.2, -0.15) is 17.4 Å². The number of carbonyl (C=O) groups excluding carboxylic acids is 3. The van der Waals surface area contributed by atoms with Crippen LogP contribution in [0.15, 0.2) is 41.8 Å². The molecule has 3 N–H and O–H groups in total. The Morgan fingerprint density at radius 3 is 2.38 bits per heavy atom. The molecule has 248 valence electrons. The molecule has 1 aliphatic carbocycles. The van der Waals surface area contributed by atoms with E-state index < -0.39 is 77.0 Å². The maximum Gasteiger partial charge on any atom is 0.303 e. The highest BCUT2D eigenvalue weighted by molar-refractivity contribution is 7.89. The van der Waals surface area contributed by atoms with Crippen LogP contribution < -0.4 is 14.8 Å². The third kappa shape index (κ3) is 7.70. The van der Waals surface area contributed by atoms with Gasteiger partial charge < -0.3 is 10.2 Å². The van der Waals surface area contributed by atoms with Crippen molar-refractivity contribution in [1.29, 1.82) is 0 Å². The summed E-state index contributed by atoms with van der Waals surface area (Å²) in [6, 6.07) is 2.49. The van der Waals surface area contributed by atoms with Crippen molar-refractivity contribution in [3.8, 4) is 0 Å². The van der Waals surface area contributed by atoms with E-state index in [9.17, 15) is 41.3 Å². The van der Waals surface area contributed by atoms with Gasteiger partial charge in [0, 0.05) is 32.1 Å². The van der Waals surface area contributed by atoms with Gasteiger partial charge in [0.2, 0.25) is 21.8 Å². The molecule has 1 saturated carbocycles. The molecule has 45 heavy (non-hydrogen) atoms. The smallest absolute Gasteiger partial charge is 0.303 e. The molecule has 2 aliphatic heterocycles. The normalized spacial score (nSPS) is 29.0. The molecule has 15 nitrogen and oxygen atoms in total. The van der Waals surface area contributed by atoms with Crippen LogP contribution in [0.2, 0.25) is 0 Å². The molecular formula is C28H40N6O9S2. The van der Waals surface area contributed by atoms with E-state index >= 15 is 0 Å². The second-order valence-corrected chi connectivity index (χ2v) is 15.2. The number of nitrogens with zero attached hydrogens (tertiary/aromatic N) is 3. The van der Waals surface area contributed by atoms with E-state index in [0.717, 1.165) is 29.3 Å². The number of sulfonamides is 1. The van der Waals surface area contributed by atoms with E-state index in [-0.39, 0.29) is 32.4 Å². The van der Waals surface area contributed by atoms with Crippen molar-refractivity contribution in [3.63, 3.8) is 0 Å². The number of carbonyl (C=O) groups is 3. The maximum atomic E-state index is 13.9. The van der Waals surface area contributed by atoms with Crippen LogP contribution >= 0.6 is 0 Å². The lowest BCUT2D eigenvalue weighted by atomic mass is 10.0. The second-order valence-electron chi connectivity index (χ2n) is 11.8. The fraction of sp³-hybridized carbons (Fsp3) is 0.607. The standard InChI is InChI=1S/C28H40N6O9S2/c1-3-20-19-28(20)27(37)31-45(42,43)32(2)17-11-7-5-4-6-8-13-21(26(36)33-18-12-15-23(33)25(35)29-28)30-44(40,41)24-16-10-9-14-22(24)34(38)39/h3,9-10,14,16,20-21,23,30H,1,4-8,11-13,15,17-19H2,2H3,(H,29,35)(H,31,37)/t20-,21+,23+,28-/m1/s1. The van der Waals surface area contributed by atoms with Crippen molar-refractivity contribution in [2.45, 2.75) is 86.7 Å². The molecule has 3 fully saturated rings. The highest BCUT2D eigenvalue weighted by Crippen LogP contribution is 2.45. The van der Waals surface area contributed by atoms with E-state index in [1.807, 2.05) is 0 Å². The van der Waals surface area contributed by atoms with Crippen LogP contribution in [0.3, 0.4) is 0 Å². The summed E-state index contributed by atoms with van der Waals surface area (Å²) in [7, 11) is -7.33. The van der Waals surface area contributed by atoms with Gasteiger partial charge in [-0.1, -0.05) is 50.3 Å². The van der Waals surface area contributed by atoms with Crippen LogP contribution in [-0.2, 0) is 34.6 Å². The lowest BCUT2D eigenvalue weighted by Crippen LogP contribution is -2.58. The summed E-state index contributed by atoms with van der Waals surface area (Å²) >= 11 is 0. The molecule has 3 amide bonds. The van der Waals surface area contributed by atoms with E-state index in [2.05, 4.69) is 21.3 Å².